The number of aryl methyl sites for hydroxylation is 2. The fourth-order valence-corrected chi connectivity index (χ4v) is 4.05. The predicted octanol–water partition coefficient (Wildman–Crippen LogP) is 5.13. The summed E-state index contributed by atoms with van der Waals surface area (Å²) in [6, 6.07) is 10.6. The molecule has 1 aliphatic heterocycles. The van der Waals surface area contributed by atoms with Gasteiger partial charge in [-0.2, -0.15) is 10.1 Å². The van der Waals surface area contributed by atoms with Crippen LogP contribution in [0.2, 0.25) is 10.0 Å². The number of hydrogen-bond acceptors (Lipinski definition) is 4. The van der Waals surface area contributed by atoms with E-state index in [4.69, 9.17) is 23.2 Å². The number of aromatic nitrogens is 3. The van der Waals surface area contributed by atoms with Crippen LogP contribution in [0.15, 0.2) is 54.0 Å². The summed E-state index contributed by atoms with van der Waals surface area (Å²) < 4.78 is 1.65. The van der Waals surface area contributed by atoms with Gasteiger partial charge in [0.2, 0.25) is 5.95 Å². The van der Waals surface area contributed by atoms with Gasteiger partial charge >= 0.3 is 0 Å². The molecule has 8 heteroatoms. The number of hydrogen-bond donors (Lipinski definition) is 2. The Kier molecular flexibility index (Phi) is 5.06. The van der Waals surface area contributed by atoms with Crippen LogP contribution in [0.25, 0.3) is 0 Å². The molecule has 0 aliphatic carbocycles. The highest BCUT2D eigenvalue weighted by atomic mass is 35.5. The molecule has 0 spiro atoms. The first-order valence-electron chi connectivity index (χ1n) is 9.06. The van der Waals surface area contributed by atoms with Gasteiger partial charge in [-0.15, -0.1) is 0 Å². The molecule has 0 fully saturated rings. The highest BCUT2D eigenvalue weighted by molar-refractivity contribution is 6.35. The maximum absolute atomic E-state index is 13.4. The van der Waals surface area contributed by atoms with Crippen LogP contribution in [0.1, 0.15) is 29.7 Å². The molecule has 1 unspecified atom stereocenters. The summed E-state index contributed by atoms with van der Waals surface area (Å²) in [7, 11) is 0. The van der Waals surface area contributed by atoms with E-state index in [9.17, 15) is 4.79 Å². The molecule has 2 heterocycles. The minimum atomic E-state index is -0.538. The molecule has 4 rings (SSSR count). The van der Waals surface area contributed by atoms with Crippen LogP contribution >= 0.6 is 23.2 Å². The van der Waals surface area contributed by atoms with Crippen LogP contribution in [0.3, 0.4) is 0 Å². The molecular formula is C21H19Cl2N5O. The summed E-state index contributed by atoms with van der Waals surface area (Å²) in [5.41, 5.74) is 4.79. The van der Waals surface area contributed by atoms with Gasteiger partial charge in [0.15, 0.2) is 0 Å². The Labute approximate surface area is 178 Å². The molecule has 1 aromatic heterocycles. The van der Waals surface area contributed by atoms with Gasteiger partial charge in [-0.25, -0.2) is 4.68 Å². The summed E-state index contributed by atoms with van der Waals surface area (Å²) >= 11 is 12.6. The van der Waals surface area contributed by atoms with Crippen molar-refractivity contribution in [3.8, 4) is 0 Å². The van der Waals surface area contributed by atoms with Crippen LogP contribution in [-0.2, 0) is 4.79 Å². The highest BCUT2D eigenvalue weighted by Crippen LogP contribution is 2.39. The van der Waals surface area contributed by atoms with E-state index >= 15 is 0 Å². The van der Waals surface area contributed by atoms with E-state index in [1.807, 2.05) is 45.0 Å². The van der Waals surface area contributed by atoms with Crippen LogP contribution in [0, 0.1) is 13.8 Å². The van der Waals surface area contributed by atoms with Crippen LogP contribution in [0.4, 0.5) is 11.6 Å². The van der Waals surface area contributed by atoms with Gasteiger partial charge in [0.1, 0.15) is 12.4 Å². The van der Waals surface area contributed by atoms with E-state index < -0.39 is 6.04 Å². The molecule has 148 valence electrons. The molecule has 2 aromatic carbocycles. The minimum absolute atomic E-state index is 0.237. The Morgan fingerprint density at radius 3 is 2.66 bits per heavy atom. The van der Waals surface area contributed by atoms with Crippen molar-refractivity contribution in [1.29, 1.82) is 0 Å². The number of allylic oxidation sites excluding steroid dienone is 1. The average Bonchev–Trinajstić information content (AvgIpc) is 3.11. The number of anilines is 2. The van der Waals surface area contributed by atoms with Gasteiger partial charge in [-0.1, -0.05) is 47.0 Å². The number of amides is 1. The standard InChI is InChI=1S/C21H19Cl2N5O/c1-11-4-7-17(12(2)8-11)27-20(29)18-13(3)26-21-24-10-25-28(21)19(18)15-6-5-14(22)9-16(15)23/h4-10,19H,1-3H3,(H,27,29)(H,24,25,26). The number of carbonyl (C=O) groups is 1. The van der Waals surface area contributed by atoms with E-state index in [0.717, 1.165) is 22.4 Å². The molecule has 6 nitrogen and oxygen atoms in total. The molecule has 0 saturated heterocycles. The fourth-order valence-electron chi connectivity index (χ4n) is 3.54. The molecule has 0 radical (unpaired) electrons. The number of carbonyl (C=O) groups excluding carboxylic acids is 1. The van der Waals surface area contributed by atoms with E-state index in [1.54, 1.807) is 16.8 Å². The van der Waals surface area contributed by atoms with E-state index in [2.05, 4.69) is 20.7 Å². The molecule has 0 bridgehead atoms. The number of rotatable bonds is 3. The van der Waals surface area contributed by atoms with Gasteiger partial charge in [0.25, 0.3) is 5.91 Å². The molecule has 3 aromatic rings. The third-order valence-corrected chi connectivity index (χ3v) is 5.49. The molecule has 1 amide bonds. The van der Waals surface area contributed by atoms with Gasteiger partial charge in [0.05, 0.1) is 5.57 Å². The van der Waals surface area contributed by atoms with Crippen molar-refractivity contribution in [1.82, 2.24) is 14.8 Å². The minimum Gasteiger partial charge on any atom is -0.328 e. The van der Waals surface area contributed by atoms with Gasteiger partial charge in [-0.3, -0.25) is 4.79 Å². The van der Waals surface area contributed by atoms with Crippen LogP contribution in [0.5, 0.6) is 0 Å². The first-order valence-corrected chi connectivity index (χ1v) is 9.81. The third kappa shape index (κ3) is 3.61. The van der Waals surface area contributed by atoms with E-state index in [-0.39, 0.29) is 5.91 Å². The monoisotopic (exact) mass is 427 g/mol. The quantitative estimate of drug-likeness (QED) is 0.607. The zero-order valence-electron chi connectivity index (χ0n) is 16.1. The Hall–Kier alpha value is -2.83. The lowest BCUT2D eigenvalue weighted by Gasteiger charge is -2.29. The Morgan fingerprint density at radius 1 is 1.14 bits per heavy atom. The second-order valence-electron chi connectivity index (χ2n) is 7.03. The van der Waals surface area contributed by atoms with Crippen molar-refractivity contribution in [2.24, 2.45) is 0 Å². The molecule has 29 heavy (non-hydrogen) atoms. The number of nitrogens with zero attached hydrogens (tertiary/aromatic N) is 3. The Morgan fingerprint density at radius 2 is 1.93 bits per heavy atom. The maximum atomic E-state index is 13.4. The van der Waals surface area contributed by atoms with Crippen molar-refractivity contribution < 1.29 is 4.79 Å². The number of fused-ring (bicyclic) bond motifs is 1. The van der Waals surface area contributed by atoms with E-state index in [1.165, 1.54) is 6.33 Å². The molecule has 0 saturated carbocycles. The van der Waals surface area contributed by atoms with Gasteiger partial charge in [-0.05, 0) is 44.5 Å². The van der Waals surface area contributed by atoms with Gasteiger partial charge in [0, 0.05) is 27.0 Å². The first-order chi connectivity index (χ1) is 13.8. The van der Waals surface area contributed by atoms with E-state index in [0.29, 0.717) is 27.3 Å². The zero-order chi connectivity index (χ0) is 20.7. The maximum Gasteiger partial charge on any atom is 0.255 e. The van der Waals surface area contributed by atoms with Crippen molar-refractivity contribution in [3.63, 3.8) is 0 Å². The smallest absolute Gasteiger partial charge is 0.255 e. The number of benzene rings is 2. The summed E-state index contributed by atoms with van der Waals surface area (Å²) in [4.78, 5) is 17.6. The molecule has 1 atom stereocenters. The fraction of sp³-hybridized carbons (Fsp3) is 0.190. The topological polar surface area (TPSA) is 71.8 Å². The Balaban J connectivity index is 1.79. The lowest BCUT2D eigenvalue weighted by molar-refractivity contribution is -0.113. The van der Waals surface area contributed by atoms with Crippen LogP contribution in [-0.4, -0.2) is 20.7 Å². The third-order valence-electron chi connectivity index (χ3n) is 4.93. The first kappa shape index (κ1) is 19.5. The van der Waals surface area contributed by atoms with Crippen LogP contribution < -0.4 is 10.6 Å². The predicted molar refractivity (Wildman–Crippen MR) is 115 cm³/mol. The van der Waals surface area contributed by atoms with Crippen molar-refractivity contribution in [2.45, 2.75) is 26.8 Å². The largest absolute Gasteiger partial charge is 0.328 e. The normalized spacial score (nSPS) is 15.7. The van der Waals surface area contributed by atoms with Gasteiger partial charge < -0.3 is 10.6 Å². The summed E-state index contributed by atoms with van der Waals surface area (Å²) in [6.45, 7) is 5.82. The molecule has 2 N–H and O–H groups in total. The molecular weight excluding hydrogens is 409 g/mol. The van der Waals surface area contributed by atoms with Crippen molar-refractivity contribution in [2.75, 3.05) is 10.6 Å². The molecule has 1 aliphatic rings. The summed E-state index contributed by atoms with van der Waals surface area (Å²) in [5.74, 6) is 0.306. The second-order valence-corrected chi connectivity index (χ2v) is 7.88. The van der Waals surface area contributed by atoms with Crippen molar-refractivity contribution >= 4 is 40.7 Å². The average molecular weight is 428 g/mol. The number of nitrogens with one attached hydrogen (secondary N) is 2. The summed E-state index contributed by atoms with van der Waals surface area (Å²) in [5, 5.41) is 11.5. The second kappa shape index (κ2) is 7.54. The number of halogens is 2. The zero-order valence-corrected chi connectivity index (χ0v) is 17.6. The Bertz CT molecular complexity index is 1150. The lowest BCUT2D eigenvalue weighted by atomic mass is 9.94. The SMILES string of the molecule is CC1=C(C(=O)Nc2ccc(C)cc2C)C(c2ccc(Cl)cc2Cl)n2ncnc2N1. The highest BCUT2D eigenvalue weighted by Gasteiger charge is 2.34. The lowest BCUT2D eigenvalue weighted by Crippen LogP contribution is -2.31. The van der Waals surface area contributed by atoms with Crippen molar-refractivity contribution in [3.05, 3.63) is 80.7 Å². The summed E-state index contributed by atoms with van der Waals surface area (Å²) in [6.07, 6.45) is 1.44.